The molecule has 138 valence electrons. The molecule has 3 rings (SSSR count). The average molecular weight is 405 g/mol. The lowest BCUT2D eigenvalue weighted by Gasteiger charge is -2.26. The minimum Gasteiger partial charge on any atom is -0.493 e. The van der Waals surface area contributed by atoms with Crippen molar-refractivity contribution in [3.8, 4) is 5.75 Å². The molecular formula is C19H14Cl2N2O4. The highest BCUT2D eigenvalue weighted by Crippen LogP contribution is 2.30. The molecule has 2 aromatic rings. The molecule has 1 saturated heterocycles. The number of anilines is 1. The summed E-state index contributed by atoms with van der Waals surface area (Å²) in [7, 11) is 0. The van der Waals surface area contributed by atoms with E-state index in [2.05, 4.69) is 5.32 Å². The second-order valence-electron chi connectivity index (χ2n) is 5.53. The van der Waals surface area contributed by atoms with Crippen LogP contribution in [0.25, 0.3) is 6.08 Å². The van der Waals surface area contributed by atoms with Crippen LogP contribution in [0.1, 0.15) is 12.5 Å². The van der Waals surface area contributed by atoms with Gasteiger partial charge in [0.05, 0.1) is 22.3 Å². The van der Waals surface area contributed by atoms with E-state index in [9.17, 15) is 14.4 Å². The van der Waals surface area contributed by atoms with Gasteiger partial charge in [-0.15, -0.1) is 0 Å². The number of hydrogen-bond acceptors (Lipinski definition) is 4. The number of nitrogens with zero attached hydrogens (tertiary/aromatic N) is 1. The fourth-order valence-corrected chi connectivity index (χ4v) is 2.85. The number of nitrogens with one attached hydrogen (secondary N) is 1. The SMILES string of the molecule is CCOc1ccccc1/C=C1\C(=O)NC(=O)N(c2ccc(Cl)c(Cl)c2)C1=O. The predicted octanol–water partition coefficient (Wildman–Crippen LogP) is 4.06. The van der Waals surface area contributed by atoms with Crippen LogP contribution in [0.2, 0.25) is 10.0 Å². The monoisotopic (exact) mass is 404 g/mol. The van der Waals surface area contributed by atoms with Crippen LogP contribution in [0.4, 0.5) is 10.5 Å². The molecule has 0 unspecified atom stereocenters. The molecule has 0 radical (unpaired) electrons. The number of carbonyl (C=O) groups is 3. The van der Waals surface area contributed by atoms with E-state index in [1.807, 2.05) is 6.92 Å². The van der Waals surface area contributed by atoms with E-state index in [1.54, 1.807) is 24.3 Å². The number of carbonyl (C=O) groups excluding carboxylic acids is 3. The van der Waals surface area contributed by atoms with Crippen LogP contribution >= 0.6 is 23.2 Å². The smallest absolute Gasteiger partial charge is 0.335 e. The first-order valence-electron chi connectivity index (χ1n) is 8.00. The molecule has 0 atom stereocenters. The van der Waals surface area contributed by atoms with Crippen molar-refractivity contribution in [1.82, 2.24) is 5.32 Å². The minimum absolute atomic E-state index is 0.180. The van der Waals surface area contributed by atoms with Gasteiger partial charge in [-0.1, -0.05) is 41.4 Å². The second-order valence-corrected chi connectivity index (χ2v) is 6.34. The van der Waals surface area contributed by atoms with Gasteiger partial charge in [-0.3, -0.25) is 14.9 Å². The van der Waals surface area contributed by atoms with Gasteiger partial charge < -0.3 is 4.74 Å². The molecule has 0 bridgehead atoms. The molecule has 8 heteroatoms. The lowest BCUT2D eigenvalue weighted by molar-refractivity contribution is -0.122. The van der Waals surface area contributed by atoms with E-state index in [4.69, 9.17) is 27.9 Å². The van der Waals surface area contributed by atoms with Crippen LogP contribution < -0.4 is 15.0 Å². The lowest BCUT2D eigenvalue weighted by atomic mass is 10.1. The molecule has 4 amide bonds. The zero-order valence-electron chi connectivity index (χ0n) is 14.2. The number of rotatable bonds is 4. The summed E-state index contributed by atoms with van der Waals surface area (Å²) in [6.45, 7) is 2.25. The van der Waals surface area contributed by atoms with Crippen LogP contribution in [-0.4, -0.2) is 24.5 Å². The summed E-state index contributed by atoms with van der Waals surface area (Å²) in [4.78, 5) is 38.2. The number of para-hydroxylation sites is 1. The van der Waals surface area contributed by atoms with Crippen LogP contribution in [0.15, 0.2) is 48.0 Å². The molecule has 2 aromatic carbocycles. The Morgan fingerprint density at radius 1 is 1.07 bits per heavy atom. The summed E-state index contributed by atoms with van der Waals surface area (Å²) in [5, 5.41) is 2.62. The third kappa shape index (κ3) is 3.82. The Labute approximate surface area is 165 Å². The summed E-state index contributed by atoms with van der Waals surface area (Å²) in [6.07, 6.45) is 1.39. The highest BCUT2D eigenvalue weighted by molar-refractivity contribution is 6.43. The molecule has 6 nitrogen and oxygen atoms in total. The van der Waals surface area contributed by atoms with Crippen LogP contribution in [0.3, 0.4) is 0 Å². The minimum atomic E-state index is -0.862. The van der Waals surface area contributed by atoms with Gasteiger partial charge >= 0.3 is 6.03 Å². The van der Waals surface area contributed by atoms with E-state index in [0.717, 1.165) is 4.90 Å². The highest BCUT2D eigenvalue weighted by Gasteiger charge is 2.37. The Morgan fingerprint density at radius 2 is 1.81 bits per heavy atom. The van der Waals surface area contributed by atoms with E-state index in [1.165, 1.54) is 24.3 Å². The Morgan fingerprint density at radius 3 is 2.52 bits per heavy atom. The summed E-state index contributed by atoms with van der Waals surface area (Å²) in [5.74, 6) is -1.04. The van der Waals surface area contributed by atoms with Crippen molar-refractivity contribution in [2.45, 2.75) is 6.92 Å². The summed E-state index contributed by atoms with van der Waals surface area (Å²) in [6, 6.07) is 10.4. The number of ether oxygens (including phenoxy) is 1. The van der Waals surface area contributed by atoms with Crippen molar-refractivity contribution in [2.75, 3.05) is 11.5 Å². The Hall–Kier alpha value is -2.83. The van der Waals surface area contributed by atoms with Crippen molar-refractivity contribution in [1.29, 1.82) is 0 Å². The van der Waals surface area contributed by atoms with Crippen LogP contribution in [-0.2, 0) is 9.59 Å². The summed E-state index contributed by atoms with van der Waals surface area (Å²) >= 11 is 11.9. The third-order valence-electron chi connectivity index (χ3n) is 3.78. The largest absolute Gasteiger partial charge is 0.493 e. The molecule has 0 spiro atoms. The van der Waals surface area contributed by atoms with Gasteiger partial charge in [0.25, 0.3) is 11.8 Å². The van der Waals surface area contributed by atoms with Crippen molar-refractivity contribution >= 4 is 52.8 Å². The zero-order valence-corrected chi connectivity index (χ0v) is 15.7. The predicted molar refractivity (Wildman–Crippen MR) is 103 cm³/mol. The summed E-state index contributed by atoms with van der Waals surface area (Å²) in [5.41, 5.74) is 0.539. The molecule has 0 aliphatic carbocycles. The van der Waals surface area contributed by atoms with E-state index < -0.39 is 17.8 Å². The molecule has 1 N–H and O–H groups in total. The van der Waals surface area contributed by atoms with Crippen LogP contribution in [0, 0.1) is 0 Å². The fourth-order valence-electron chi connectivity index (χ4n) is 2.56. The lowest BCUT2D eigenvalue weighted by Crippen LogP contribution is -2.54. The zero-order chi connectivity index (χ0) is 19.6. The molecule has 1 aliphatic heterocycles. The molecule has 27 heavy (non-hydrogen) atoms. The second kappa shape index (κ2) is 7.82. The molecule has 1 aliphatic rings. The fraction of sp³-hybridized carbons (Fsp3) is 0.105. The molecule has 0 aromatic heterocycles. The first kappa shape index (κ1) is 18.9. The van der Waals surface area contributed by atoms with Crippen molar-refractivity contribution in [3.63, 3.8) is 0 Å². The highest BCUT2D eigenvalue weighted by atomic mass is 35.5. The van der Waals surface area contributed by atoms with Gasteiger partial charge in [-0.2, -0.15) is 0 Å². The Balaban J connectivity index is 2.04. The Kier molecular flexibility index (Phi) is 5.48. The number of amides is 4. The molecule has 0 saturated carbocycles. The molecule has 1 heterocycles. The maximum Gasteiger partial charge on any atom is 0.335 e. The van der Waals surface area contributed by atoms with Gasteiger partial charge in [0.2, 0.25) is 0 Å². The quantitative estimate of drug-likeness (QED) is 0.615. The van der Waals surface area contributed by atoms with E-state index in [0.29, 0.717) is 17.9 Å². The number of halogens is 2. The van der Waals surface area contributed by atoms with Gasteiger partial charge in [0, 0.05) is 5.56 Å². The first-order valence-corrected chi connectivity index (χ1v) is 8.76. The van der Waals surface area contributed by atoms with Gasteiger partial charge in [-0.05, 0) is 37.3 Å². The average Bonchev–Trinajstić information content (AvgIpc) is 2.63. The normalized spacial score (nSPS) is 15.9. The molecular weight excluding hydrogens is 391 g/mol. The first-order chi connectivity index (χ1) is 12.9. The molecule has 1 fully saturated rings. The maximum absolute atomic E-state index is 12.9. The van der Waals surface area contributed by atoms with E-state index in [-0.39, 0.29) is 21.3 Å². The number of benzene rings is 2. The Bertz CT molecular complexity index is 972. The van der Waals surface area contributed by atoms with E-state index >= 15 is 0 Å². The van der Waals surface area contributed by atoms with Gasteiger partial charge in [-0.25, -0.2) is 9.69 Å². The van der Waals surface area contributed by atoms with Gasteiger partial charge in [0.15, 0.2) is 0 Å². The summed E-state index contributed by atoms with van der Waals surface area (Å²) < 4.78 is 5.51. The third-order valence-corrected chi connectivity index (χ3v) is 4.52. The number of hydrogen-bond donors (Lipinski definition) is 1. The van der Waals surface area contributed by atoms with Gasteiger partial charge in [0.1, 0.15) is 11.3 Å². The van der Waals surface area contributed by atoms with Crippen molar-refractivity contribution in [2.24, 2.45) is 0 Å². The standard InChI is InChI=1S/C19H14Cl2N2O4/c1-2-27-16-6-4-3-5-11(16)9-13-17(24)22-19(26)23(18(13)25)12-7-8-14(20)15(21)10-12/h3-10H,2H2,1H3,(H,22,24,26)/b13-9+. The van der Waals surface area contributed by atoms with Crippen molar-refractivity contribution < 1.29 is 19.1 Å². The number of urea groups is 1. The van der Waals surface area contributed by atoms with Crippen LogP contribution in [0.5, 0.6) is 5.75 Å². The maximum atomic E-state index is 12.9. The van der Waals surface area contributed by atoms with Crippen molar-refractivity contribution in [3.05, 3.63) is 63.6 Å². The topological polar surface area (TPSA) is 75.7 Å². The number of imide groups is 2. The number of barbiturate groups is 1.